The second kappa shape index (κ2) is 4.75. The first-order chi connectivity index (χ1) is 8.31. The van der Waals surface area contributed by atoms with Crippen molar-refractivity contribution in [3.63, 3.8) is 0 Å². The molecule has 0 aliphatic carbocycles. The van der Waals surface area contributed by atoms with Gasteiger partial charge in [0.2, 0.25) is 5.02 Å². The Balaban J connectivity index is 3.81. The normalized spacial score (nSPS) is 9.89. The van der Waals surface area contributed by atoms with Crippen molar-refractivity contribution in [3.8, 4) is 5.75 Å². The molecule has 0 saturated heterocycles. The molecule has 0 atom stereocenters. The molecule has 1 heterocycles. The van der Waals surface area contributed by atoms with Crippen LogP contribution in [0.15, 0.2) is 0 Å². The Morgan fingerprint density at radius 1 is 1.06 bits per heavy atom. The molecule has 1 aromatic heterocycles. The maximum Gasteiger partial charge on any atom is 0.418 e. The zero-order chi connectivity index (χ0) is 14.0. The molecule has 0 aliphatic heterocycles. The zero-order valence-electron chi connectivity index (χ0n) is 8.52. The van der Waals surface area contributed by atoms with Gasteiger partial charge in [0.1, 0.15) is 0 Å². The van der Waals surface area contributed by atoms with Crippen LogP contribution in [0.4, 0.5) is 17.3 Å². The number of pyridine rings is 1. The van der Waals surface area contributed by atoms with Gasteiger partial charge in [0, 0.05) is 4.98 Å². The molecule has 11 nitrogen and oxygen atoms in total. The summed E-state index contributed by atoms with van der Waals surface area (Å²) in [7, 11) is 0.916. The number of halogens is 1. The van der Waals surface area contributed by atoms with Crippen molar-refractivity contribution in [1.82, 2.24) is 4.98 Å². The lowest BCUT2D eigenvalue weighted by Crippen LogP contribution is -2.05. The van der Waals surface area contributed by atoms with Crippen LogP contribution in [0.3, 0.4) is 0 Å². The summed E-state index contributed by atoms with van der Waals surface area (Å²) >= 11 is 5.41. The molecule has 0 radical (unpaired) electrons. The van der Waals surface area contributed by atoms with E-state index in [-0.39, 0.29) is 0 Å². The molecule has 1 aromatic rings. The van der Waals surface area contributed by atoms with Crippen LogP contribution in [0.5, 0.6) is 5.75 Å². The molecule has 0 spiro atoms. The van der Waals surface area contributed by atoms with E-state index in [0.29, 0.717) is 0 Å². The van der Waals surface area contributed by atoms with Crippen LogP contribution in [0.25, 0.3) is 0 Å². The maximum absolute atomic E-state index is 10.7. The van der Waals surface area contributed by atoms with Gasteiger partial charge in [-0.3, -0.25) is 10.1 Å². The van der Waals surface area contributed by atoms with Crippen molar-refractivity contribution in [2.24, 2.45) is 0 Å². The number of rotatable bonds is 4. The summed E-state index contributed by atoms with van der Waals surface area (Å²) in [5, 5.41) is 30.9. The highest BCUT2D eigenvalue weighted by Gasteiger charge is 2.38. The first-order valence-electron chi connectivity index (χ1n) is 4.01. The van der Waals surface area contributed by atoms with Crippen molar-refractivity contribution in [3.05, 3.63) is 35.4 Å². The molecule has 0 aliphatic rings. The van der Waals surface area contributed by atoms with Crippen LogP contribution >= 0.6 is 11.6 Å². The van der Waals surface area contributed by atoms with E-state index in [1.54, 1.807) is 0 Å². The molecule has 0 N–H and O–H groups in total. The van der Waals surface area contributed by atoms with E-state index in [1.165, 1.54) is 0 Å². The monoisotopic (exact) mass is 278 g/mol. The number of nitrogens with zero attached hydrogens (tertiary/aromatic N) is 4. The molecule has 0 fully saturated rings. The third-order valence-electron chi connectivity index (χ3n) is 1.77. The topological polar surface area (TPSA) is 152 Å². The summed E-state index contributed by atoms with van der Waals surface area (Å²) in [6, 6.07) is 0. The van der Waals surface area contributed by atoms with Gasteiger partial charge in [-0.25, -0.2) is 0 Å². The Morgan fingerprint density at radius 3 is 1.89 bits per heavy atom. The van der Waals surface area contributed by atoms with Gasteiger partial charge >= 0.3 is 17.3 Å². The van der Waals surface area contributed by atoms with Crippen molar-refractivity contribution < 1.29 is 19.5 Å². The quantitative estimate of drug-likeness (QED) is 0.592. The van der Waals surface area contributed by atoms with Gasteiger partial charge in [-0.15, -0.1) is 0 Å². The minimum absolute atomic E-state index is 0.847. The Hall–Kier alpha value is -2.56. The Labute approximate surface area is 102 Å². The van der Waals surface area contributed by atoms with Gasteiger partial charge in [-0.05, 0) is 9.85 Å². The predicted molar refractivity (Wildman–Crippen MR) is 55.8 cm³/mol. The molecule has 0 aromatic carbocycles. The van der Waals surface area contributed by atoms with Crippen molar-refractivity contribution in [1.29, 1.82) is 0 Å². The Kier molecular flexibility index (Phi) is 3.56. The maximum atomic E-state index is 10.7. The lowest BCUT2D eigenvalue weighted by molar-refractivity contribution is -0.410. The summed E-state index contributed by atoms with van der Waals surface area (Å²) in [6.07, 6.45) is 0. The zero-order valence-corrected chi connectivity index (χ0v) is 9.28. The van der Waals surface area contributed by atoms with Gasteiger partial charge in [0.05, 0.1) is 12.0 Å². The van der Waals surface area contributed by atoms with Crippen LogP contribution < -0.4 is 4.74 Å². The second-order valence-corrected chi connectivity index (χ2v) is 3.10. The van der Waals surface area contributed by atoms with E-state index >= 15 is 0 Å². The van der Waals surface area contributed by atoms with Crippen LogP contribution in [-0.2, 0) is 0 Å². The molecule has 0 saturated carbocycles. The molecule has 96 valence electrons. The highest BCUT2D eigenvalue weighted by molar-refractivity contribution is 6.34. The van der Waals surface area contributed by atoms with E-state index in [1.807, 2.05) is 0 Å². The fourth-order valence-electron chi connectivity index (χ4n) is 1.11. The second-order valence-electron chi connectivity index (χ2n) is 2.73. The highest BCUT2D eigenvalue weighted by atomic mass is 35.5. The summed E-state index contributed by atoms with van der Waals surface area (Å²) in [5.74, 6) is -3.18. The lowest BCUT2D eigenvalue weighted by atomic mass is 10.3. The van der Waals surface area contributed by atoms with Gasteiger partial charge in [-0.1, -0.05) is 11.6 Å². The first-order valence-corrected chi connectivity index (χ1v) is 4.39. The van der Waals surface area contributed by atoms with Gasteiger partial charge in [0.15, 0.2) is 0 Å². The number of nitro groups is 3. The SMILES string of the molecule is COc1c([N+](=O)[O-])nc([N+](=O)[O-])c(Cl)c1[N+](=O)[O-]. The van der Waals surface area contributed by atoms with Crippen LogP contribution in [-0.4, -0.2) is 26.9 Å². The molecular weight excluding hydrogens is 276 g/mol. The fourth-order valence-corrected chi connectivity index (χ4v) is 1.37. The number of hydrogen-bond donors (Lipinski definition) is 0. The van der Waals surface area contributed by atoms with Gasteiger partial charge in [-0.2, -0.15) is 0 Å². The highest BCUT2D eigenvalue weighted by Crippen LogP contribution is 2.44. The summed E-state index contributed by atoms with van der Waals surface area (Å²) in [5.41, 5.74) is -1.08. The summed E-state index contributed by atoms with van der Waals surface area (Å²) in [6.45, 7) is 0. The van der Waals surface area contributed by atoms with Gasteiger partial charge < -0.3 is 25.0 Å². The van der Waals surface area contributed by atoms with Crippen molar-refractivity contribution in [2.45, 2.75) is 0 Å². The standard InChI is InChI=1S/C6H3ClN4O7/c1-18-4-3(9(12)13)2(7)5(10(14)15)8-6(4)11(16)17/h1H3. The predicted octanol–water partition coefficient (Wildman–Crippen LogP) is 1.47. The molecule has 0 unspecified atom stereocenters. The third kappa shape index (κ3) is 2.10. The Morgan fingerprint density at radius 2 is 1.56 bits per heavy atom. The minimum atomic E-state index is -1.18. The van der Waals surface area contributed by atoms with E-state index in [2.05, 4.69) is 9.72 Å². The molecule has 1 rings (SSSR count). The molecule has 18 heavy (non-hydrogen) atoms. The number of hydrogen-bond acceptors (Lipinski definition) is 8. The van der Waals surface area contributed by atoms with Gasteiger partial charge in [0.25, 0.3) is 5.75 Å². The van der Waals surface area contributed by atoms with Crippen molar-refractivity contribution >= 4 is 28.9 Å². The van der Waals surface area contributed by atoms with Crippen LogP contribution in [0, 0.1) is 30.3 Å². The van der Waals surface area contributed by atoms with E-state index < -0.39 is 42.9 Å². The largest absolute Gasteiger partial charge is 0.484 e. The summed E-state index contributed by atoms with van der Waals surface area (Å²) < 4.78 is 4.46. The smallest absolute Gasteiger partial charge is 0.418 e. The first kappa shape index (κ1) is 13.5. The number of ether oxygens (including phenoxy) is 1. The van der Waals surface area contributed by atoms with Crippen LogP contribution in [0.1, 0.15) is 0 Å². The fraction of sp³-hybridized carbons (Fsp3) is 0.167. The van der Waals surface area contributed by atoms with E-state index in [9.17, 15) is 30.3 Å². The molecule has 12 heteroatoms. The van der Waals surface area contributed by atoms with Crippen LogP contribution in [0.2, 0.25) is 5.02 Å². The number of aromatic nitrogens is 1. The average molecular weight is 279 g/mol. The molecule has 0 amide bonds. The third-order valence-corrected chi connectivity index (χ3v) is 2.11. The summed E-state index contributed by atoms with van der Waals surface area (Å²) in [4.78, 5) is 31.5. The minimum Gasteiger partial charge on any atom is -0.484 e. The molecular formula is C6H3ClN4O7. The lowest BCUT2D eigenvalue weighted by Gasteiger charge is -2.04. The number of methoxy groups -OCH3 is 1. The van der Waals surface area contributed by atoms with E-state index in [0.717, 1.165) is 7.11 Å². The van der Waals surface area contributed by atoms with Crippen molar-refractivity contribution in [2.75, 3.05) is 7.11 Å². The Bertz CT molecular complexity index is 559. The molecule has 0 bridgehead atoms. The van der Waals surface area contributed by atoms with E-state index in [4.69, 9.17) is 11.6 Å². The average Bonchev–Trinajstić information content (AvgIpc) is 2.26.